The average molecular weight is 335 g/mol. The maximum Gasteiger partial charge on any atom is 0.254 e. The highest BCUT2D eigenvalue weighted by Crippen LogP contribution is 2.16. The first-order chi connectivity index (χ1) is 12.2. The standard InChI is InChI=1S/C19H21N5O/c1-14-4-2-3-5-16(14)13-23-8-10-24(11-9-23)19(25)15-6-7-17-18(12-15)21-22-20-17/h2-7,12H,8-11,13H2,1H3,(H,20,21,22). The van der Waals surface area contributed by atoms with Gasteiger partial charge in [-0.2, -0.15) is 15.4 Å². The molecule has 1 amide bonds. The van der Waals surface area contributed by atoms with Gasteiger partial charge in [0.25, 0.3) is 5.91 Å². The third-order valence-electron chi connectivity index (χ3n) is 4.88. The molecule has 1 aliphatic rings. The largest absolute Gasteiger partial charge is 0.336 e. The molecule has 2 heterocycles. The van der Waals surface area contributed by atoms with Crippen LogP contribution in [0, 0.1) is 6.92 Å². The number of H-pyrrole nitrogens is 1. The van der Waals surface area contributed by atoms with Gasteiger partial charge in [-0.3, -0.25) is 9.69 Å². The van der Waals surface area contributed by atoms with E-state index in [9.17, 15) is 4.79 Å². The first kappa shape index (κ1) is 15.8. The lowest BCUT2D eigenvalue weighted by atomic mass is 10.1. The van der Waals surface area contributed by atoms with Crippen LogP contribution in [-0.4, -0.2) is 57.3 Å². The van der Waals surface area contributed by atoms with Crippen LogP contribution in [0.4, 0.5) is 0 Å². The fourth-order valence-electron chi connectivity index (χ4n) is 3.29. The number of amides is 1. The lowest BCUT2D eigenvalue weighted by Gasteiger charge is -2.35. The van der Waals surface area contributed by atoms with Gasteiger partial charge in [0, 0.05) is 38.3 Å². The van der Waals surface area contributed by atoms with Crippen molar-refractivity contribution in [3.63, 3.8) is 0 Å². The number of carbonyl (C=O) groups is 1. The van der Waals surface area contributed by atoms with Gasteiger partial charge in [0.2, 0.25) is 0 Å². The molecule has 0 radical (unpaired) electrons. The topological polar surface area (TPSA) is 65.1 Å². The highest BCUT2D eigenvalue weighted by atomic mass is 16.2. The summed E-state index contributed by atoms with van der Waals surface area (Å²) in [4.78, 5) is 17.1. The molecular formula is C19H21N5O. The molecule has 0 bridgehead atoms. The molecule has 128 valence electrons. The number of piperazine rings is 1. The van der Waals surface area contributed by atoms with Crippen LogP contribution in [0.25, 0.3) is 11.0 Å². The minimum Gasteiger partial charge on any atom is -0.336 e. The maximum atomic E-state index is 12.7. The molecule has 25 heavy (non-hydrogen) atoms. The summed E-state index contributed by atoms with van der Waals surface area (Å²) in [5, 5.41) is 10.7. The lowest BCUT2D eigenvalue weighted by Crippen LogP contribution is -2.48. The van der Waals surface area contributed by atoms with Gasteiger partial charge in [-0.25, -0.2) is 0 Å². The van der Waals surface area contributed by atoms with Crippen molar-refractivity contribution in [1.29, 1.82) is 0 Å². The monoisotopic (exact) mass is 335 g/mol. The second-order valence-electron chi connectivity index (χ2n) is 6.52. The van der Waals surface area contributed by atoms with E-state index in [0.29, 0.717) is 5.56 Å². The third-order valence-corrected chi connectivity index (χ3v) is 4.88. The number of nitrogens with zero attached hydrogens (tertiary/aromatic N) is 4. The van der Waals surface area contributed by atoms with Crippen molar-refractivity contribution in [2.24, 2.45) is 0 Å². The summed E-state index contributed by atoms with van der Waals surface area (Å²) >= 11 is 0. The van der Waals surface area contributed by atoms with E-state index in [-0.39, 0.29) is 5.91 Å². The van der Waals surface area contributed by atoms with Crippen molar-refractivity contribution < 1.29 is 4.79 Å². The molecule has 0 unspecified atom stereocenters. The van der Waals surface area contributed by atoms with Crippen LogP contribution >= 0.6 is 0 Å². The Morgan fingerprint density at radius 3 is 2.60 bits per heavy atom. The van der Waals surface area contributed by atoms with Gasteiger partial charge in [0.15, 0.2) is 0 Å². The van der Waals surface area contributed by atoms with Crippen molar-refractivity contribution in [3.8, 4) is 0 Å². The molecule has 1 N–H and O–H groups in total. The number of hydrogen-bond donors (Lipinski definition) is 1. The summed E-state index contributed by atoms with van der Waals surface area (Å²) in [6.45, 7) is 6.39. The number of rotatable bonds is 3. The number of nitrogens with one attached hydrogen (secondary N) is 1. The molecule has 1 fully saturated rings. The summed E-state index contributed by atoms with van der Waals surface area (Å²) in [5.74, 6) is 0.0699. The minimum absolute atomic E-state index is 0.0699. The van der Waals surface area contributed by atoms with Crippen LogP contribution in [0.1, 0.15) is 21.5 Å². The van der Waals surface area contributed by atoms with Gasteiger partial charge in [0.1, 0.15) is 11.0 Å². The van der Waals surface area contributed by atoms with Crippen LogP contribution in [0.2, 0.25) is 0 Å². The van der Waals surface area contributed by atoms with Crippen molar-refractivity contribution in [2.75, 3.05) is 26.2 Å². The van der Waals surface area contributed by atoms with E-state index in [1.165, 1.54) is 11.1 Å². The van der Waals surface area contributed by atoms with Gasteiger partial charge < -0.3 is 4.90 Å². The highest BCUT2D eigenvalue weighted by Gasteiger charge is 2.22. The summed E-state index contributed by atoms with van der Waals surface area (Å²) in [6.07, 6.45) is 0. The van der Waals surface area contributed by atoms with Gasteiger partial charge in [-0.05, 0) is 36.2 Å². The highest BCUT2D eigenvalue weighted by molar-refractivity contribution is 5.97. The number of benzene rings is 2. The van der Waals surface area contributed by atoms with E-state index in [0.717, 1.165) is 43.8 Å². The molecule has 0 spiro atoms. The van der Waals surface area contributed by atoms with E-state index in [4.69, 9.17) is 0 Å². The maximum absolute atomic E-state index is 12.7. The molecule has 0 aliphatic carbocycles. The fourth-order valence-corrected chi connectivity index (χ4v) is 3.29. The zero-order valence-electron chi connectivity index (χ0n) is 14.3. The lowest BCUT2D eigenvalue weighted by molar-refractivity contribution is 0.0628. The van der Waals surface area contributed by atoms with Crippen molar-refractivity contribution in [3.05, 3.63) is 59.2 Å². The number of aromatic nitrogens is 3. The first-order valence-corrected chi connectivity index (χ1v) is 8.57. The SMILES string of the molecule is Cc1ccccc1CN1CCN(C(=O)c2ccc3n[nH]nc3c2)CC1. The Balaban J connectivity index is 1.39. The fraction of sp³-hybridized carbons (Fsp3) is 0.316. The molecule has 1 aliphatic heterocycles. The molecule has 1 saturated heterocycles. The molecular weight excluding hydrogens is 314 g/mol. The smallest absolute Gasteiger partial charge is 0.254 e. The number of aromatic amines is 1. The van der Waals surface area contributed by atoms with Crippen LogP contribution in [0.15, 0.2) is 42.5 Å². The van der Waals surface area contributed by atoms with Crippen LogP contribution in [0.3, 0.4) is 0 Å². The summed E-state index contributed by atoms with van der Waals surface area (Å²) < 4.78 is 0. The van der Waals surface area contributed by atoms with Crippen molar-refractivity contribution in [1.82, 2.24) is 25.2 Å². The molecule has 3 aromatic rings. The second-order valence-corrected chi connectivity index (χ2v) is 6.52. The third kappa shape index (κ3) is 3.25. The molecule has 0 saturated carbocycles. The van der Waals surface area contributed by atoms with E-state index in [1.807, 2.05) is 17.0 Å². The number of fused-ring (bicyclic) bond motifs is 1. The van der Waals surface area contributed by atoms with Gasteiger partial charge >= 0.3 is 0 Å². The predicted molar refractivity (Wildman–Crippen MR) is 96.2 cm³/mol. The van der Waals surface area contributed by atoms with Gasteiger partial charge in [-0.1, -0.05) is 24.3 Å². The molecule has 2 aromatic carbocycles. The zero-order chi connectivity index (χ0) is 17.2. The Morgan fingerprint density at radius 1 is 1.04 bits per heavy atom. The molecule has 6 nitrogen and oxygen atoms in total. The van der Waals surface area contributed by atoms with Gasteiger partial charge in [0.05, 0.1) is 0 Å². The number of aryl methyl sites for hydroxylation is 1. The normalized spacial score (nSPS) is 15.6. The van der Waals surface area contributed by atoms with E-state index in [2.05, 4.69) is 51.5 Å². The molecule has 6 heteroatoms. The Bertz CT molecular complexity index is 895. The first-order valence-electron chi connectivity index (χ1n) is 8.57. The van der Waals surface area contributed by atoms with E-state index < -0.39 is 0 Å². The summed E-state index contributed by atoms with van der Waals surface area (Å²) in [5.41, 5.74) is 4.86. The number of hydrogen-bond acceptors (Lipinski definition) is 4. The quantitative estimate of drug-likeness (QED) is 0.797. The zero-order valence-corrected chi connectivity index (χ0v) is 14.3. The second kappa shape index (κ2) is 6.64. The van der Waals surface area contributed by atoms with Crippen molar-refractivity contribution >= 4 is 16.9 Å². The van der Waals surface area contributed by atoms with Gasteiger partial charge in [-0.15, -0.1) is 0 Å². The van der Waals surface area contributed by atoms with Crippen LogP contribution in [0.5, 0.6) is 0 Å². The molecule has 0 atom stereocenters. The summed E-state index contributed by atoms with van der Waals surface area (Å²) in [7, 11) is 0. The Morgan fingerprint density at radius 2 is 1.80 bits per heavy atom. The minimum atomic E-state index is 0.0699. The Kier molecular flexibility index (Phi) is 4.19. The van der Waals surface area contributed by atoms with Crippen molar-refractivity contribution in [2.45, 2.75) is 13.5 Å². The van der Waals surface area contributed by atoms with Crippen LogP contribution in [-0.2, 0) is 6.54 Å². The average Bonchev–Trinajstić information content (AvgIpc) is 3.11. The van der Waals surface area contributed by atoms with Crippen LogP contribution < -0.4 is 0 Å². The van der Waals surface area contributed by atoms with E-state index in [1.54, 1.807) is 6.07 Å². The summed E-state index contributed by atoms with van der Waals surface area (Å²) in [6, 6.07) is 14.0. The Labute approximate surface area is 146 Å². The molecule has 4 rings (SSSR count). The number of carbonyl (C=O) groups excluding carboxylic acids is 1. The predicted octanol–water partition coefficient (Wildman–Crippen LogP) is 2.22. The van der Waals surface area contributed by atoms with E-state index >= 15 is 0 Å². The Hall–Kier alpha value is -2.73. The molecule has 1 aromatic heterocycles.